The molecule has 0 radical (unpaired) electrons. The van der Waals surface area contributed by atoms with Gasteiger partial charge in [0, 0.05) is 5.56 Å². The Balaban J connectivity index is 1.33. The second-order valence-corrected chi connectivity index (χ2v) is 7.92. The number of hydrazone groups is 1. The van der Waals surface area contributed by atoms with Crippen molar-refractivity contribution in [2.45, 2.75) is 6.61 Å². The Labute approximate surface area is 216 Å². The van der Waals surface area contributed by atoms with Crippen LogP contribution in [-0.4, -0.2) is 44.5 Å². The van der Waals surface area contributed by atoms with Gasteiger partial charge < -0.3 is 15.2 Å². The third-order valence-electron chi connectivity index (χ3n) is 5.43. The molecular weight excluding hydrogens is 488 g/mol. The number of amides is 1. The molecule has 12 heteroatoms. The van der Waals surface area contributed by atoms with Crippen molar-refractivity contribution in [3.05, 3.63) is 95.7 Å². The highest BCUT2D eigenvalue weighted by Crippen LogP contribution is 2.29. The molecular formula is C26H22N8O4. The van der Waals surface area contributed by atoms with Crippen LogP contribution in [0.1, 0.15) is 21.6 Å². The van der Waals surface area contributed by atoms with Gasteiger partial charge in [0.15, 0.2) is 17.2 Å². The first-order chi connectivity index (χ1) is 18.6. The quantitative estimate of drug-likeness (QED) is 0.224. The van der Waals surface area contributed by atoms with Crippen molar-refractivity contribution in [3.8, 4) is 28.6 Å². The van der Waals surface area contributed by atoms with E-state index in [4.69, 9.17) is 15.2 Å². The number of nitrogen functional groups attached to an aromatic ring is 1. The van der Waals surface area contributed by atoms with Crippen molar-refractivity contribution in [2.75, 3.05) is 12.8 Å². The lowest BCUT2D eigenvalue weighted by atomic mass is 10.1. The van der Waals surface area contributed by atoms with E-state index in [9.17, 15) is 4.79 Å². The van der Waals surface area contributed by atoms with Crippen molar-refractivity contribution >= 4 is 17.9 Å². The number of hydrogen-bond donors (Lipinski definition) is 2. The number of nitrogens with zero attached hydrogens (tertiary/aromatic N) is 6. The first-order valence-corrected chi connectivity index (χ1v) is 11.4. The van der Waals surface area contributed by atoms with Gasteiger partial charge >= 0.3 is 0 Å². The fourth-order valence-electron chi connectivity index (χ4n) is 3.61. The smallest absolute Gasteiger partial charge is 0.294 e. The van der Waals surface area contributed by atoms with Gasteiger partial charge in [0.1, 0.15) is 12.3 Å². The Morgan fingerprint density at radius 3 is 2.53 bits per heavy atom. The number of carbonyl (C=O) groups is 1. The van der Waals surface area contributed by atoms with E-state index in [0.717, 1.165) is 5.56 Å². The van der Waals surface area contributed by atoms with Gasteiger partial charge in [0.2, 0.25) is 11.6 Å². The molecule has 3 N–H and O–H groups in total. The van der Waals surface area contributed by atoms with Gasteiger partial charge in [-0.05, 0) is 39.6 Å². The van der Waals surface area contributed by atoms with Crippen LogP contribution in [0.5, 0.6) is 11.5 Å². The maximum absolute atomic E-state index is 13.0. The van der Waals surface area contributed by atoms with E-state index in [-0.39, 0.29) is 17.3 Å². The van der Waals surface area contributed by atoms with Crippen LogP contribution in [0.3, 0.4) is 0 Å². The van der Waals surface area contributed by atoms with Crippen molar-refractivity contribution in [2.24, 2.45) is 5.10 Å². The van der Waals surface area contributed by atoms with Crippen LogP contribution in [0, 0.1) is 0 Å². The normalized spacial score (nSPS) is 11.0. The molecule has 3 aromatic carbocycles. The molecule has 5 aromatic rings. The van der Waals surface area contributed by atoms with Gasteiger partial charge in [-0.2, -0.15) is 9.78 Å². The second-order valence-electron chi connectivity index (χ2n) is 7.92. The average molecular weight is 511 g/mol. The highest BCUT2D eigenvalue weighted by molar-refractivity contribution is 5.98. The number of methoxy groups -OCH3 is 1. The zero-order valence-electron chi connectivity index (χ0n) is 20.2. The zero-order valence-corrected chi connectivity index (χ0v) is 20.2. The lowest BCUT2D eigenvalue weighted by Crippen LogP contribution is -2.19. The summed E-state index contributed by atoms with van der Waals surface area (Å²) in [6.45, 7) is 0.404. The summed E-state index contributed by atoms with van der Waals surface area (Å²) in [5, 5.41) is 19.5. The van der Waals surface area contributed by atoms with Crippen molar-refractivity contribution in [1.29, 1.82) is 0 Å². The van der Waals surface area contributed by atoms with Crippen LogP contribution in [-0.2, 0) is 6.61 Å². The van der Waals surface area contributed by atoms with Gasteiger partial charge in [0.05, 0.1) is 13.3 Å². The van der Waals surface area contributed by atoms with Crippen LogP contribution in [0.4, 0.5) is 5.82 Å². The van der Waals surface area contributed by atoms with Gasteiger partial charge in [-0.3, -0.25) is 4.79 Å². The molecule has 0 saturated carbocycles. The molecule has 1 amide bonds. The number of nitrogens with one attached hydrogen (secondary N) is 1. The van der Waals surface area contributed by atoms with Gasteiger partial charge in [0.25, 0.3) is 5.91 Å². The van der Waals surface area contributed by atoms with Crippen molar-refractivity contribution < 1.29 is 18.9 Å². The zero-order chi connectivity index (χ0) is 26.3. The molecule has 5 rings (SSSR count). The molecule has 0 atom stereocenters. The fourth-order valence-corrected chi connectivity index (χ4v) is 3.61. The van der Waals surface area contributed by atoms with E-state index in [1.54, 1.807) is 37.4 Å². The molecule has 0 bridgehead atoms. The molecule has 38 heavy (non-hydrogen) atoms. The van der Waals surface area contributed by atoms with Crippen LogP contribution >= 0.6 is 0 Å². The lowest BCUT2D eigenvalue weighted by molar-refractivity contribution is 0.0950. The molecule has 2 heterocycles. The van der Waals surface area contributed by atoms with Crippen LogP contribution in [0.2, 0.25) is 0 Å². The van der Waals surface area contributed by atoms with E-state index < -0.39 is 5.91 Å². The summed E-state index contributed by atoms with van der Waals surface area (Å²) >= 11 is 0. The maximum atomic E-state index is 13.0. The van der Waals surface area contributed by atoms with Gasteiger partial charge in [-0.25, -0.2) is 10.1 Å². The Kier molecular flexibility index (Phi) is 7.02. The van der Waals surface area contributed by atoms with Gasteiger partial charge in [-0.1, -0.05) is 65.9 Å². The molecule has 0 unspecified atom stereocenters. The Hall–Kier alpha value is -5.52. The summed E-state index contributed by atoms with van der Waals surface area (Å²) in [4.78, 5) is 13.0. The van der Waals surface area contributed by atoms with Gasteiger partial charge in [-0.15, -0.1) is 5.10 Å². The topological polar surface area (TPSA) is 156 Å². The van der Waals surface area contributed by atoms with Crippen LogP contribution < -0.4 is 20.6 Å². The summed E-state index contributed by atoms with van der Waals surface area (Å²) in [6, 6.07) is 24.2. The summed E-state index contributed by atoms with van der Waals surface area (Å²) in [7, 11) is 1.55. The summed E-state index contributed by atoms with van der Waals surface area (Å²) < 4.78 is 17.3. The van der Waals surface area contributed by atoms with E-state index >= 15 is 0 Å². The third-order valence-corrected chi connectivity index (χ3v) is 5.43. The Bertz CT molecular complexity index is 1560. The summed E-state index contributed by atoms with van der Waals surface area (Å²) in [5.74, 6) is 0.645. The number of hydrogen-bond acceptors (Lipinski definition) is 10. The minimum atomic E-state index is -0.587. The number of carbonyl (C=O) groups excluding carboxylic acids is 1. The highest BCUT2D eigenvalue weighted by Gasteiger charge is 2.25. The minimum absolute atomic E-state index is 0.00204. The van der Waals surface area contributed by atoms with E-state index in [1.165, 1.54) is 10.9 Å². The molecule has 0 aliphatic carbocycles. The summed E-state index contributed by atoms with van der Waals surface area (Å²) in [5.41, 5.74) is 11.1. The number of benzene rings is 3. The number of anilines is 1. The Morgan fingerprint density at radius 2 is 1.82 bits per heavy atom. The largest absolute Gasteiger partial charge is 0.493 e. The molecule has 0 spiro atoms. The molecule has 190 valence electrons. The molecule has 0 aliphatic rings. The van der Waals surface area contributed by atoms with Crippen LogP contribution in [0.25, 0.3) is 17.1 Å². The number of rotatable bonds is 9. The monoisotopic (exact) mass is 510 g/mol. The molecule has 0 fully saturated rings. The first kappa shape index (κ1) is 24.2. The number of aromatic nitrogens is 5. The molecule has 2 aromatic heterocycles. The third kappa shape index (κ3) is 5.18. The second kappa shape index (κ2) is 11.0. The van der Waals surface area contributed by atoms with Crippen molar-refractivity contribution in [3.63, 3.8) is 0 Å². The van der Waals surface area contributed by atoms with Crippen LogP contribution in [0.15, 0.2) is 88.6 Å². The minimum Gasteiger partial charge on any atom is -0.493 e. The first-order valence-electron chi connectivity index (χ1n) is 11.4. The van der Waals surface area contributed by atoms with E-state index in [0.29, 0.717) is 34.9 Å². The standard InChI is InChI=1S/C26H22N8O4/c1-36-21-14-18(12-13-20(21)37-16-17-8-4-2-5-9-17)15-28-30-26(35)22-23(19-10-6-3-7-11-19)34(33-29-22)25-24(27)31-38-32-25/h2-15H,16H2,1H3,(H2,27,31)(H,30,35). The highest BCUT2D eigenvalue weighted by atomic mass is 16.6. The summed E-state index contributed by atoms with van der Waals surface area (Å²) in [6.07, 6.45) is 1.48. The fraction of sp³-hybridized carbons (Fsp3) is 0.0769. The Morgan fingerprint density at radius 1 is 1.05 bits per heavy atom. The predicted molar refractivity (Wildman–Crippen MR) is 138 cm³/mol. The molecule has 0 aliphatic heterocycles. The number of ether oxygens (including phenoxy) is 2. The molecule has 0 saturated heterocycles. The van der Waals surface area contributed by atoms with E-state index in [1.807, 2.05) is 48.5 Å². The van der Waals surface area contributed by atoms with Crippen molar-refractivity contribution in [1.82, 2.24) is 30.7 Å². The SMILES string of the molecule is COc1cc(C=NNC(=O)c2nnn(-c3nonc3N)c2-c2ccccc2)ccc1OCc1ccccc1. The average Bonchev–Trinajstić information content (AvgIpc) is 3.59. The maximum Gasteiger partial charge on any atom is 0.294 e. The van der Waals surface area contributed by atoms with E-state index in [2.05, 4.69) is 35.8 Å². The molecule has 12 nitrogen and oxygen atoms in total. The number of nitrogens with two attached hydrogens (primary N) is 1. The lowest BCUT2D eigenvalue weighted by Gasteiger charge is -2.11. The predicted octanol–water partition coefficient (Wildman–Crippen LogP) is 3.25.